The molecule has 0 saturated heterocycles. The second kappa shape index (κ2) is 5.01. The van der Waals surface area contributed by atoms with Crippen molar-refractivity contribution in [2.24, 2.45) is 0 Å². The molecule has 90 valence electrons. The van der Waals surface area contributed by atoms with E-state index in [1.165, 1.54) is 4.57 Å². The minimum Gasteiger partial charge on any atom is -0.393 e. The van der Waals surface area contributed by atoms with E-state index in [0.29, 0.717) is 18.8 Å². The first kappa shape index (κ1) is 12.5. The third-order valence-electron chi connectivity index (χ3n) is 2.63. The monoisotopic (exact) mass is 225 g/mol. The summed E-state index contributed by atoms with van der Waals surface area (Å²) >= 11 is 0. The SMILES string of the molecule is CCCn1c(C)c(N)c(=O)n(CCC)c1=O. The van der Waals surface area contributed by atoms with Crippen LogP contribution in [0, 0.1) is 6.92 Å². The Hall–Kier alpha value is -1.52. The van der Waals surface area contributed by atoms with E-state index >= 15 is 0 Å². The Kier molecular flexibility index (Phi) is 3.93. The molecule has 0 aliphatic heterocycles. The molecule has 0 radical (unpaired) electrons. The van der Waals surface area contributed by atoms with Crippen LogP contribution in [0.3, 0.4) is 0 Å². The lowest BCUT2D eigenvalue weighted by Crippen LogP contribution is -2.42. The highest BCUT2D eigenvalue weighted by Crippen LogP contribution is 2.02. The van der Waals surface area contributed by atoms with Crippen LogP contribution in [0.4, 0.5) is 5.69 Å². The van der Waals surface area contributed by atoms with Gasteiger partial charge in [-0.3, -0.25) is 13.9 Å². The zero-order chi connectivity index (χ0) is 12.3. The molecule has 0 aromatic carbocycles. The first-order valence-electron chi connectivity index (χ1n) is 5.64. The average Bonchev–Trinajstić information content (AvgIpc) is 2.28. The molecular weight excluding hydrogens is 206 g/mol. The van der Waals surface area contributed by atoms with Gasteiger partial charge in [-0.15, -0.1) is 0 Å². The summed E-state index contributed by atoms with van der Waals surface area (Å²) in [6.45, 7) is 6.64. The van der Waals surface area contributed by atoms with E-state index < -0.39 is 0 Å². The minimum absolute atomic E-state index is 0.182. The molecule has 1 aromatic rings. The number of anilines is 1. The molecule has 5 nitrogen and oxygen atoms in total. The van der Waals surface area contributed by atoms with Crippen LogP contribution in [0.25, 0.3) is 0 Å². The molecule has 16 heavy (non-hydrogen) atoms. The standard InChI is InChI=1S/C11H19N3O2/c1-4-6-13-8(3)9(12)10(15)14(7-5-2)11(13)16/h4-7,12H2,1-3H3. The second-order valence-electron chi connectivity index (χ2n) is 3.89. The van der Waals surface area contributed by atoms with Gasteiger partial charge in [0.2, 0.25) is 0 Å². The lowest BCUT2D eigenvalue weighted by Gasteiger charge is -2.14. The van der Waals surface area contributed by atoms with Crippen molar-refractivity contribution in [3.05, 3.63) is 26.5 Å². The smallest absolute Gasteiger partial charge is 0.331 e. The Labute approximate surface area is 94.5 Å². The van der Waals surface area contributed by atoms with Gasteiger partial charge in [-0.25, -0.2) is 4.79 Å². The zero-order valence-electron chi connectivity index (χ0n) is 10.1. The van der Waals surface area contributed by atoms with Gasteiger partial charge in [-0.05, 0) is 19.8 Å². The van der Waals surface area contributed by atoms with Crippen LogP contribution in [-0.2, 0) is 13.1 Å². The van der Waals surface area contributed by atoms with Gasteiger partial charge < -0.3 is 5.73 Å². The fraction of sp³-hybridized carbons (Fsp3) is 0.636. The molecule has 0 saturated carbocycles. The summed E-state index contributed by atoms with van der Waals surface area (Å²) in [4.78, 5) is 23.8. The summed E-state index contributed by atoms with van der Waals surface area (Å²) in [5, 5.41) is 0. The topological polar surface area (TPSA) is 70.0 Å². The first-order chi connectivity index (χ1) is 7.54. The van der Waals surface area contributed by atoms with Crippen LogP contribution in [0.15, 0.2) is 9.59 Å². The Morgan fingerprint density at radius 1 is 1.06 bits per heavy atom. The molecule has 0 unspecified atom stereocenters. The van der Waals surface area contributed by atoms with Crippen LogP contribution in [0.5, 0.6) is 0 Å². The van der Waals surface area contributed by atoms with E-state index in [0.717, 1.165) is 12.8 Å². The Morgan fingerprint density at radius 3 is 2.06 bits per heavy atom. The third-order valence-corrected chi connectivity index (χ3v) is 2.63. The molecule has 1 rings (SSSR count). The minimum atomic E-state index is -0.364. The van der Waals surface area contributed by atoms with Crippen LogP contribution in [-0.4, -0.2) is 9.13 Å². The summed E-state index contributed by atoms with van der Waals surface area (Å²) < 4.78 is 2.80. The molecule has 0 fully saturated rings. The van der Waals surface area contributed by atoms with E-state index in [9.17, 15) is 9.59 Å². The molecule has 1 heterocycles. The fourth-order valence-corrected chi connectivity index (χ4v) is 1.73. The predicted molar refractivity (Wildman–Crippen MR) is 64.7 cm³/mol. The summed E-state index contributed by atoms with van der Waals surface area (Å²) in [6.07, 6.45) is 1.58. The van der Waals surface area contributed by atoms with E-state index in [1.807, 2.05) is 13.8 Å². The molecule has 0 aliphatic carbocycles. The lowest BCUT2D eigenvalue weighted by atomic mass is 10.3. The van der Waals surface area contributed by atoms with Crippen molar-refractivity contribution < 1.29 is 0 Å². The molecule has 0 spiro atoms. The van der Waals surface area contributed by atoms with Gasteiger partial charge in [-0.2, -0.15) is 0 Å². The largest absolute Gasteiger partial charge is 0.393 e. The molecule has 2 N–H and O–H groups in total. The first-order valence-corrected chi connectivity index (χ1v) is 5.64. The number of hydrogen-bond acceptors (Lipinski definition) is 3. The summed E-state index contributed by atoms with van der Waals surface area (Å²) in [6, 6.07) is 0. The molecule has 0 atom stereocenters. The molecule has 5 heteroatoms. The Morgan fingerprint density at radius 2 is 1.56 bits per heavy atom. The zero-order valence-corrected chi connectivity index (χ0v) is 10.1. The summed E-state index contributed by atoms with van der Waals surface area (Å²) in [5.41, 5.74) is 5.86. The highest BCUT2D eigenvalue weighted by molar-refractivity contribution is 5.39. The van der Waals surface area contributed by atoms with Gasteiger partial charge in [0.05, 0.1) is 0 Å². The third kappa shape index (κ3) is 2.03. The lowest BCUT2D eigenvalue weighted by molar-refractivity contribution is 0.533. The van der Waals surface area contributed by atoms with Gasteiger partial charge >= 0.3 is 5.69 Å². The van der Waals surface area contributed by atoms with Gasteiger partial charge in [-0.1, -0.05) is 13.8 Å². The van der Waals surface area contributed by atoms with Gasteiger partial charge in [0.25, 0.3) is 5.56 Å². The van der Waals surface area contributed by atoms with E-state index in [2.05, 4.69) is 0 Å². The Bertz CT molecular complexity index is 485. The molecule has 0 amide bonds. The summed E-state index contributed by atoms with van der Waals surface area (Å²) in [7, 11) is 0. The quantitative estimate of drug-likeness (QED) is 0.820. The van der Waals surface area contributed by atoms with Crippen molar-refractivity contribution >= 4 is 5.69 Å². The number of aromatic nitrogens is 2. The fourth-order valence-electron chi connectivity index (χ4n) is 1.73. The highest BCUT2D eigenvalue weighted by atomic mass is 16.2. The van der Waals surface area contributed by atoms with Gasteiger partial charge in [0.15, 0.2) is 0 Å². The second-order valence-corrected chi connectivity index (χ2v) is 3.89. The van der Waals surface area contributed by atoms with Crippen molar-refractivity contribution in [1.82, 2.24) is 9.13 Å². The van der Waals surface area contributed by atoms with Crippen LogP contribution in [0.2, 0.25) is 0 Å². The maximum absolute atomic E-state index is 12.0. The van der Waals surface area contributed by atoms with Gasteiger partial charge in [0.1, 0.15) is 5.69 Å². The molecular formula is C11H19N3O2. The van der Waals surface area contributed by atoms with Crippen LogP contribution < -0.4 is 17.0 Å². The van der Waals surface area contributed by atoms with Crippen molar-refractivity contribution in [2.45, 2.75) is 46.7 Å². The van der Waals surface area contributed by atoms with Crippen LogP contribution >= 0.6 is 0 Å². The van der Waals surface area contributed by atoms with E-state index in [4.69, 9.17) is 5.73 Å². The van der Waals surface area contributed by atoms with Gasteiger partial charge in [0, 0.05) is 18.8 Å². The molecule has 0 aliphatic rings. The van der Waals surface area contributed by atoms with Crippen LogP contribution in [0.1, 0.15) is 32.4 Å². The van der Waals surface area contributed by atoms with Crippen molar-refractivity contribution in [3.8, 4) is 0 Å². The highest BCUT2D eigenvalue weighted by Gasteiger charge is 2.12. The number of nitrogen functional groups attached to an aromatic ring is 1. The maximum atomic E-state index is 12.0. The summed E-state index contributed by atoms with van der Waals surface area (Å²) in [5.74, 6) is 0. The van der Waals surface area contributed by atoms with E-state index in [1.54, 1.807) is 11.5 Å². The van der Waals surface area contributed by atoms with Crippen molar-refractivity contribution in [2.75, 3.05) is 5.73 Å². The Balaban J connectivity index is 3.53. The molecule has 0 bridgehead atoms. The number of nitrogens with two attached hydrogens (primary N) is 1. The number of hydrogen-bond donors (Lipinski definition) is 1. The van der Waals surface area contributed by atoms with E-state index in [-0.39, 0.29) is 16.9 Å². The number of nitrogens with zero attached hydrogens (tertiary/aromatic N) is 2. The number of rotatable bonds is 4. The average molecular weight is 225 g/mol. The molecule has 1 aromatic heterocycles. The van der Waals surface area contributed by atoms with Crippen molar-refractivity contribution in [1.29, 1.82) is 0 Å². The predicted octanol–water partition coefficient (Wildman–Crippen LogP) is 0.721. The van der Waals surface area contributed by atoms with Crippen molar-refractivity contribution in [3.63, 3.8) is 0 Å². The normalized spacial score (nSPS) is 10.7. The maximum Gasteiger partial charge on any atom is 0.331 e.